The van der Waals surface area contributed by atoms with Gasteiger partial charge >= 0.3 is 6.09 Å². The second kappa shape index (κ2) is 12.4. The van der Waals surface area contributed by atoms with Gasteiger partial charge in [0.25, 0.3) is 0 Å². The minimum Gasteiger partial charge on any atom is -0.443 e. The maximum atomic E-state index is 12.8. The summed E-state index contributed by atoms with van der Waals surface area (Å²) in [7, 11) is 1.66. The Morgan fingerprint density at radius 1 is 1.16 bits per heavy atom. The first-order valence-corrected chi connectivity index (χ1v) is 15.1. The van der Waals surface area contributed by atoms with E-state index in [2.05, 4.69) is 37.5 Å². The zero-order valence-corrected chi connectivity index (χ0v) is 25.6. The van der Waals surface area contributed by atoms with E-state index in [1.54, 1.807) is 26.2 Å². The number of nitrogens with zero attached hydrogens (tertiary/aromatic N) is 1. The van der Waals surface area contributed by atoms with Crippen LogP contribution in [0.15, 0.2) is 35.9 Å². The molecule has 43 heavy (non-hydrogen) atoms. The summed E-state index contributed by atoms with van der Waals surface area (Å²) in [6.45, 7) is 8.85. The second-order valence-corrected chi connectivity index (χ2v) is 12.5. The summed E-state index contributed by atoms with van der Waals surface area (Å²) in [4.78, 5) is 50.2. The van der Waals surface area contributed by atoms with Gasteiger partial charge in [0, 0.05) is 32.2 Å². The zero-order chi connectivity index (χ0) is 30.9. The van der Waals surface area contributed by atoms with Crippen LogP contribution in [-0.2, 0) is 39.8 Å². The molecule has 7 atom stereocenters. The average molecular weight is 598 g/mol. The van der Waals surface area contributed by atoms with Crippen molar-refractivity contribution in [3.63, 3.8) is 0 Å². The van der Waals surface area contributed by atoms with E-state index in [4.69, 9.17) is 18.9 Å². The maximum absolute atomic E-state index is 12.8. The lowest BCUT2D eigenvalue weighted by atomic mass is 9.68. The molecule has 3 saturated heterocycles. The summed E-state index contributed by atoms with van der Waals surface area (Å²) in [6, 6.07) is 6.32. The number of hydrogen-bond acceptors (Lipinski definition) is 8. The van der Waals surface area contributed by atoms with E-state index < -0.39 is 29.7 Å². The van der Waals surface area contributed by atoms with Crippen molar-refractivity contribution in [2.24, 2.45) is 5.92 Å². The molecular weight excluding hydrogens is 554 g/mol. The van der Waals surface area contributed by atoms with Crippen LogP contribution in [0.3, 0.4) is 0 Å². The fourth-order valence-electron chi connectivity index (χ4n) is 6.70. The predicted octanol–water partition coefficient (Wildman–Crippen LogP) is 3.51. The molecule has 3 aliphatic heterocycles. The van der Waals surface area contributed by atoms with Crippen LogP contribution in [0.2, 0.25) is 0 Å². The smallest absolute Gasteiger partial charge is 0.407 e. The molecule has 4 amide bonds. The van der Waals surface area contributed by atoms with Crippen LogP contribution < -0.4 is 10.6 Å². The summed E-state index contributed by atoms with van der Waals surface area (Å²) in [5.74, 6) is -1.12. The third kappa shape index (κ3) is 6.63. The second-order valence-electron chi connectivity index (χ2n) is 12.5. The van der Waals surface area contributed by atoms with E-state index in [0.717, 1.165) is 23.3 Å². The first-order chi connectivity index (χ1) is 20.5. The number of anilines is 1. The quantitative estimate of drug-likeness (QED) is 0.225. The van der Waals surface area contributed by atoms with Crippen LogP contribution in [0, 0.1) is 5.92 Å². The Bertz CT molecular complexity index is 1260. The maximum Gasteiger partial charge on any atom is 0.407 e. The van der Waals surface area contributed by atoms with Crippen LogP contribution in [0.25, 0.3) is 0 Å². The first kappa shape index (κ1) is 31.2. The normalized spacial score (nSPS) is 31.9. The van der Waals surface area contributed by atoms with E-state index >= 15 is 0 Å². The van der Waals surface area contributed by atoms with Crippen LogP contribution >= 0.6 is 0 Å². The van der Waals surface area contributed by atoms with E-state index in [1.165, 1.54) is 5.57 Å². The molecule has 1 aromatic rings. The van der Waals surface area contributed by atoms with Crippen LogP contribution in [0.4, 0.5) is 10.5 Å². The van der Waals surface area contributed by atoms with Gasteiger partial charge in [-0.1, -0.05) is 23.8 Å². The fraction of sp³-hybridized carbons (Fsp3) is 0.625. The molecule has 11 nitrogen and oxygen atoms in total. The summed E-state index contributed by atoms with van der Waals surface area (Å²) in [5.41, 5.74) is 2.09. The van der Waals surface area contributed by atoms with Gasteiger partial charge in [0.15, 0.2) is 0 Å². The van der Waals surface area contributed by atoms with Crippen LogP contribution in [0.1, 0.15) is 65.4 Å². The predicted molar refractivity (Wildman–Crippen MR) is 157 cm³/mol. The van der Waals surface area contributed by atoms with E-state index in [1.807, 2.05) is 12.1 Å². The molecule has 5 rings (SSSR count). The number of benzene rings is 1. The Balaban J connectivity index is 1.09. The van der Waals surface area contributed by atoms with Crippen molar-refractivity contribution < 1.29 is 38.1 Å². The van der Waals surface area contributed by atoms with Gasteiger partial charge in [-0.15, -0.1) is 0 Å². The highest BCUT2D eigenvalue weighted by Gasteiger charge is 2.72. The molecule has 2 N–H and O–H groups in total. The largest absolute Gasteiger partial charge is 0.443 e. The number of amides is 4. The number of hydrogen-bond donors (Lipinski definition) is 2. The van der Waals surface area contributed by atoms with Crippen molar-refractivity contribution in [1.29, 1.82) is 0 Å². The Morgan fingerprint density at radius 2 is 1.84 bits per heavy atom. The third-order valence-electron chi connectivity index (χ3n) is 9.26. The molecule has 0 radical (unpaired) electrons. The van der Waals surface area contributed by atoms with Gasteiger partial charge in [0.2, 0.25) is 17.7 Å². The number of ether oxygens (including phenoxy) is 4. The Morgan fingerprint density at radius 3 is 2.44 bits per heavy atom. The van der Waals surface area contributed by atoms with Crippen LogP contribution in [-0.4, -0.2) is 84.5 Å². The van der Waals surface area contributed by atoms with Gasteiger partial charge in [-0.2, -0.15) is 0 Å². The van der Waals surface area contributed by atoms with E-state index in [9.17, 15) is 19.2 Å². The fourth-order valence-corrected chi connectivity index (χ4v) is 6.70. The number of methoxy groups -OCH3 is 1. The minimum atomic E-state index is -0.875. The lowest BCUT2D eigenvalue weighted by Crippen LogP contribution is -2.56. The zero-order valence-electron chi connectivity index (χ0n) is 25.6. The number of alkyl carbamates (subject to hydrolysis) is 1. The first-order valence-electron chi connectivity index (χ1n) is 15.1. The lowest BCUT2D eigenvalue weighted by molar-refractivity contribution is -0.144. The van der Waals surface area contributed by atoms with E-state index in [-0.39, 0.29) is 48.4 Å². The number of nitrogens with one attached hydrogen (secondary N) is 2. The number of rotatable bonds is 11. The molecular formula is C32H43N3O8. The molecule has 2 unspecified atom stereocenters. The highest BCUT2D eigenvalue weighted by molar-refractivity contribution is 6.07. The number of carbonyl (C=O) groups is 4. The molecule has 3 heterocycles. The van der Waals surface area contributed by atoms with Gasteiger partial charge < -0.3 is 29.6 Å². The molecule has 0 bridgehead atoms. The summed E-state index contributed by atoms with van der Waals surface area (Å²) in [5, 5.41) is 5.60. The lowest BCUT2D eigenvalue weighted by Gasteiger charge is -2.42. The number of epoxide rings is 2. The minimum absolute atomic E-state index is 0.0366. The molecule has 11 heteroatoms. The summed E-state index contributed by atoms with van der Waals surface area (Å²) >= 11 is 0. The highest BCUT2D eigenvalue weighted by Crippen LogP contribution is 2.59. The number of likely N-dealkylation sites (tertiary alicyclic amines) is 1. The molecule has 4 aliphatic rings. The molecule has 1 aromatic carbocycles. The monoisotopic (exact) mass is 597 g/mol. The Labute approximate surface area is 252 Å². The Kier molecular flexibility index (Phi) is 8.97. The van der Waals surface area contributed by atoms with Gasteiger partial charge in [-0.25, -0.2) is 4.79 Å². The third-order valence-corrected chi connectivity index (χ3v) is 9.26. The average Bonchev–Trinajstić information content (AvgIpc) is 3.86. The van der Waals surface area contributed by atoms with Crippen molar-refractivity contribution in [2.45, 2.75) is 102 Å². The topological polar surface area (TPSA) is 139 Å². The Hall–Kier alpha value is -3.28. The molecule has 1 saturated carbocycles. The van der Waals surface area contributed by atoms with Crippen molar-refractivity contribution in [3.05, 3.63) is 41.5 Å². The van der Waals surface area contributed by atoms with Crippen molar-refractivity contribution in [2.75, 3.05) is 25.6 Å². The van der Waals surface area contributed by atoms with Gasteiger partial charge in [-0.3, -0.25) is 19.3 Å². The number of allylic oxidation sites excluding steroid dienone is 1. The highest BCUT2D eigenvalue weighted by atomic mass is 16.6. The van der Waals surface area contributed by atoms with Gasteiger partial charge in [0.1, 0.15) is 29.5 Å². The van der Waals surface area contributed by atoms with Crippen molar-refractivity contribution in [3.8, 4) is 0 Å². The standard InChI is InChI=1S/C32H43N3O8/c1-19(2)6-11-24-31(4,43-24)28-27(40-5)23(14-16-32(28)18-41-32)42-30(39)33-17-15-21-7-9-22(10-8-21)34-29(38)20(3)35-25(36)12-13-26(35)37/h6-10,20,23-24,27-28H,11-18H2,1-5H3,(H,33,39)(H,34,38)/t20-,23+,24?,27+,28+,31+,32?/m0/s1. The van der Waals surface area contributed by atoms with Crippen molar-refractivity contribution in [1.82, 2.24) is 10.2 Å². The molecule has 4 fully saturated rings. The molecule has 234 valence electrons. The SMILES string of the molecule is CO[C@@H]1[C@H](OC(=O)NCCc2ccc(NC(=O)[C@H](C)N3C(=O)CCC3=O)cc2)CCC2(CO2)[C@H]1[C@]1(C)OC1CC=C(C)C. The van der Waals surface area contributed by atoms with Crippen LogP contribution in [0.5, 0.6) is 0 Å². The van der Waals surface area contributed by atoms with E-state index in [0.29, 0.717) is 31.7 Å². The summed E-state index contributed by atoms with van der Waals surface area (Å²) < 4.78 is 24.0. The van der Waals surface area contributed by atoms with Gasteiger partial charge in [0.05, 0.1) is 18.6 Å². The van der Waals surface area contributed by atoms with Crippen molar-refractivity contribution >= 4 is 29.5 Å². The number of imide groups is 1. The molecule has 1 spiro atoms. The summed E-state index contributed by atoms with van der Waals surface area (Å²) in [6.07, 6.45) is 4.15. The molecule has 1 aliphatic carbocycles. The molecule has 0 aromatic heterocycles. The number of carbonyl (C=O) groups excluding carboxylic acids is 4. The van der Waals surface area contributed by atoms with Gasteiger partial charge in [-0.05, 0) is 71.1 Å².